The van der Waals surface area contributed by atoms with Crippen LogP contribution in [0.15, 0.2) is 16.3 Å². The van der Waals surface area contributed by atoms with Crippen molar-refractivity contribution < 1.29 is 8.42 Å². The summed E-state index contributed by atoms with van der Waals surface area (Å²) in [6, 6.07) is 3.59. The van der Waals surface area contributed by atoms with E-state index in [1.54, 1.807) is 6.07 Å². The highest BCUT2D eigenvalue weighted by atomic mass is 35.5. The zero-order valence-corrected chi connectivity index (χ0v) is 14.2. The van der Waals surface area contributed by atoms with Crippen LogP contribution < -0.4 is 4.72 Å². The molecule has 6 heteroatoms. The molecule has 1 aromatic heterocycles. The highest BCUT2D eigenvalue weighted by Gasteiger charge is 2.26. The Bertz CT molecular complexity index is 527. The smallest absolute Gasteiger partial charge is 0.210 e. The number of rotatable bonds is 6. The van der Waals surface area contributed by atoms with Crippen molar-refractivity contribution in [2.45, 2.75) is 43.2 Å². The van der Waals surface area contributed by atoms with Crippen molar-refractivity contribution in [3.8, 4) is 0 Å². The Morgan fingerprint density at radius 2 is 2.00 bits per heavy atom. The first-order valence-electron chi connectivity index (χ1n) is 7.21. The minimum atomic E-state index is -3.36. The Balaban J connectivity index is 1.98. The predicted molar refractivity (Wildman–Crippen MR) is 85.1 cm³/mol. The molecular weight excluding hydrogens is 314 g/mol. The quantitative estimate of drug-likeness (QED) is 0.807. The van der Waals surface area contributed by atoms with Gasteiger partial charge in [0, 0.05) is 17.3 Å². The van der Waals surface area contributed by atoms with E-state index in [1.165, 1.54) is 24.2 Å². The third-order valence-corrected chi connectivity index (χ3v) is 7.59. The third kappa shape index (κ3) is 3.97. The molecule has 3 nitrogen and oxygen atoms in total. The molecule has 1 N–H and O–H groups in total. The van der Waals surface area contributed by atoms with Crippen LogP contribution >= 0.6 is 22.9 Å². The Hall–Kier alpha value is -0.100. The van der Waals surface area contributed by atoms with Crippen molar-refractivity contribution >= 4 is 33.0 Å². The van der Waals surface area contributed by atoms with Crippen LogP contribution in [0.5, 0.6) is 0 Å². The van der Waals surface area contributed by atoms with E-state index < -0.39 is 10.0 Å². The molecule has 1 aliphatic carbocycles. The highest BCUT2D eigenvalue weighted by molar-refractivity contribution is 7.91. The Morgan fingerprint density at radius 1 is 1.30 bits per heavy atom. The van der Waals surface area contributed by atoms with Crippen LogP contribution in [0, 0.1) is 11.8 Å². The van der Waals surface area contributed by atoms with Gasteiger partial charge in [-0.1, -0.05) is 19.8 Å². The number of nitrogens with one attached hydrogen (secondary N) is 1. The standard InChI is InChI=1S/C14H22ClNO2S2/c1-2-13-7-8-14(19-13)20(17,18)16-10-12-6-4-3-5-11(12)9-15/h7-8,11-12,16H,2-6,9-10H2,1H3. The minimum Gasteiger partial charge on any atom is -0.210 e. The molecule has 0 radical (unpaired) electrons. The Morgan fingerprint density at radius 3 is 2.60 bits per heavy atom. The molecule has 0 aromatic carbocycles. The number of sulfonamides is 1. The van der Waals surface area contributed by atoms with Gasteiger partial charge in [-0.2, -0.15) is 0 Å². The second kappa shape index (κ2) is 7.25. The van der Waals surface area contributed by atoms with Crippen molar-refractivity contribution in [2.24, 2.45) is 11.8 Å². The van der Waals surface area contributed by atoms with Crippen molar-refractivity contribution in [3.63, 3.8) is 0 Å². The highest BCUT2D eigenvalue weighted by Crippen LogP contribution is 2.31. The van der Waals surface area contributed by atoms with Gasteiger partial charge in [-0.25, -0.2) is 13.1 Å². The first kappa shape index (κ1) is 16.3. The molecule has 1 fully saturated rings. The van der Waals surface area contributed by atoms with Gasteiger partial charge in [0.15, 0.2) is 0 Å². The lowest BCUT2D eigenvalue weighted by atomic mass is 9.80. The molecule has 0 bridgehead atoms. The van der Waals surface area contributed by atoms with E-state index in [4.69, 9.17) is 11.6 Å². The fourth-order valence-electron chi connectivity index (χ4n) is 2.74. The molecule has 2 rings (SSSR count). The van der Waals surface area contributed by atoms with Crippen LogP contribution in [-0.2, 0) is 16.4 Å². The maximum Gasteiger partial charge on any atom is 0.250 e. The summed E-state index contributed by atoms with van der Waals surface area (Å²) in [4.78, 5) is 1.10. The van der Waals surface area contributed by atoms with Crippen molar-refractivity contribution in [1.29, 1.82) is 0 Å². The molecule has 0 spiro atoms. The van der Waals surface area contributed by atoms with E-state index in [0.717, 1.165) is 24.1 Å². The molecule has 1 saturated carbocycles. The average Bonchev–Trinajstić information content (AvgIpc) is 2.95. The first-order valence-corrected chi connectivity index (χ1v) is 10.0. The fourth-order valence-corrected chi connectivity index (χ4v) is 5.58. The third-order valence-electron chi connectivity index (χ3n) is 4.05. The van der Waals surface area contributed by atoms with E-state index >= 15 is 0 Å². The lowest BCUT2D eigenvalue weighted by Gasteiger charge is -2.30. The summed E-state index contributed by atoms with van der Waals surface area (Å²) in [5.74, 6) is 1.45. The SMILES string of the molecule is CCc1ccc(S(=O)(=O)NCC2CCCCC2CCl)s1. The van der Waals surface area contributed by atoms with Crippen molar-refractivity contribution in [3.05, 3.63) is 17.0 Å². The van der Waals surface area contributed by atoms with Gasteiger partial charge in [0.2, 0.25) is 10.0 Å². The molecule has 114 valence electrons. The van der Waals surface area contributed by atoms with Crippen LogP contribution in [-0.4, -0.2) is 20.8 Å². The van der Waals surface area contributed by atoms with Crippen LogP contribution in [0.4, 0.5) is 0 Å². The summed E-state index contributed by atoms with van der Waals surface area (Å²) >= 11 is 7.35. The van der Waals surface area contributed by atoms with Crippen LogP contribution in [0.2, 0.25) is 0 Å². The van der Waals surface area contributed by atoms with Gasteiger partial charge in [-0.3, -0.25) is 0 Å². The van der Waals surface area contributed by atoms with Crippen LogP contribution in [0.25, 0.3) is 0 Å². The minimum absolute atomic E-state index is 0.377. The molecule has 2 unspecified atom stereocenters. The van der Waals surface area contributed by atoms with Gasteiger partial charge in [-0.05, 0) is 43.2 Å². The summed E-state index contributed by atoms with van der Waals surface area (Å²) in [6.45, 7) is 2.54. The Kier molecular flexibility index (Phi) is 5.90. The number of alkyl halides is 1. The predicted octanol–water partition coefficient (Wildman–Crippen LogP) is 3.63. The lowest BCUT2D eigenvalue weighted by Crippen LogP contribution is -2.34. The molecule has 0 saturated heterocycles. The zero-order chi connectivity index (χ0) is 14.6. The molecule has 1 heterocycles. The molecule has 1 aliphatic rings. The average molecular weight is 336 g/mol. The summed E-state index contributed by atoms with van der Waals surface area (Å²) in [5, 5.41) is 0. The topological polar surface area (TPSA) is 46.2 Å². The second-order valence-corrected chi connectivity index (χ2v) is 8.86. The van der Waals surface area contributed by atoms with Crippen LogP contribution in [0.1, 0.15) is 37.5 Å². The van der Waals surface area contributed by atoms with Crippen molar-refractivity contribution in [2.75, 3.05) is 12.4 Å². The van der Waals surface area contributed by atoms with E-state index in [2.05, 4.69) is 4.72 Å². The largest absolute Gasteiger partial charge is 0.250 e. The lowest BCUT2D eigenvalue weighted by molar-refractivity contribution is 0.260. The van der Waals surface area contributed by atoms with E-state index in [1.807, 2.05) is 13.0 Å². The van der Waals surface area contributed by atoms with E-state index in [9.17, 15) is 8.42 Å². The van der Waals surface area contributed by atoms with E-state index in [0.29, 0.717) is 28.5 Å². The molecule has 0 amide bonds. The second-order valence-electron chi connectivity index (χ2n) is 5.39. The summed E-state index contributed by atoms with van der Waals surface area (Å²) in [5.41, 5.74) is 0. The summed E-state index contributed by atoms with van der Waals surface area (Å²) in [6.07, 6.45) is 5.46. The van der Waals surface area contributed by atoms with Gasteiger partial charge in [-0.15, -0.1) is 22.9 Å². The zero-order valence-electron chi connectivity index (χ0n) is 11.8. The molecule has 0 aliphatic heterocycles. The molecular formula is C14H22ClNO2S2. The normalized spacial score (nSPS) is 23.9. The molecule has 2 atom stereocenters. The number of halogens is 1. The van der Waals surface area contributed by atoms with Crippen LogP contribution in [0.3, 0.4) is 0 Å². The number of aryl methyl sites for hydroxylation is 1. The monoisotopic (exact) mass is 335 g/mol. The number of hydrogen-bond donors (Lipinski definition) is 1. The maximum atomic E-state index is 12.3. The maximum absolute atomic E-state index is 12.3. The van der Waals surface area contributed by atoms with E-state index in [-0.39, 0.29) is 0 Å². The fraction of sp³-hybridized carbons (Fsp3) is 0.714. The Labute approximate surface area is 130 Å². The van der Waals surface area contributed by atoms with Crippen molar-refractivity contribution in [1.82, 2.24) is 4.72 Å². The number of hydrogen-bond acceptors (Lipinski definition) is 3. The van der Waals surface area contributed by atoms with Gasteiger partial charge < -0.3 is 0 Å². The van der Waals surface area contributed by atoms with Gasteiger partial charge in [0.25, 0.3) is 0 Å². The first-order chi connectivity index (χ1) is 9.56. The molecule has 20 heavy (non-hydrogen) atoms. The van der Waals surface area contributed by atoms with Gasteiger partial charge in [0.05, 0.1) is 0 Å². The van der Waals surface area contributed by atoms with Gasteiger partial charge in [0.1, 0.15) is 4.21 Å². The molecule has 1 aromatic rings. The summed E-state index contributed by atoms with van der Waals surface area (Å²) in [7, 11) is -3.36. The summed E-state index contributed by atoms with van der Waals surface area (Å²) < 4.78 is 27.7. The van der Waals surface area contributed by atoms with Gasteiger partial charge >= 0.3 is 0 Å². The number of thiophene rings is 1.